The molecule has 1 saturated heterocycles. The quantitative estimate of drug-likeness (QED) is 0.538. The number of hydrazine groups is 1. The second kappa shape index (κ2) is 6.68. The molecule has 0 aromatic carbocycles. The summed E-state index contributed by atoms with van der Waals surface area (Å²) in [6.07, 6.45) is 5.26. The van der Waals surface area contributed by atoms with E-state index in [0.29, 0.717) is 17.8 Å². The van der Waals surface area contributed by atoms with Gasteiger partial charge in [0.25, 0.3) is 0 Å². The molecular weight excluding hydrogens is 242 g/mol. The lowest BCUT2D eigenvalue weighted by molar-refractivity contribution is 0.107. The SMILES string of the molecule is CC(C)c1c(NN)ncnc1NCCC1CCCO1. The fraction of sp³-hybridized carbons (Fsp3) is 0.692. The summed E-state index contributed by atoms with van der Waals surface area (Å²) in [5, 5.41) is 3.37. The van der Waals surface area contributed by atoms with E-state index in [0.717, 1.165) is 37.4 Å². The van der Waals surface area contributed by atoms with Crippen molar-refractivity contribution in [3.63, 3.8) is 0 Å². The summed E-state index contributed by atoms with van der Waals surface area (Å²) in [7, 11) is 0. The van der Waals surface area contributed by atoms with Crippen molar-refractivity contribution in [3.05, 3.63) is 11.9 Å². The highest BCUT2D eigenvalue weighted by Gasteiger charge is 2.17. The van der Waals surface area contributed by atoms with Crippen LogP contribution < -0.4 is 16.6 Å². The van der Waals surface area contributed by atoms with E-state index in [4.69, 9.17) is 10.6 Å². The van der Waals surface area contributed by atoms with Crippen LogP contribution in [0.3, 0.4) is 0 Å². The monoisotopic (exact) mass is 265 g/mol. The summed E-state index contributed by atoms with van der Waals surface area (Å²) in [5.41, 5.74) is 3.66. The number of hydrogen-bond acceptors (Lipinski definition) is 6. The number of anilines is 2. The van der Waals surface area contributed by atoms with Crippen molar-refractivity contribution >= 4 is 11.6 Å². The molecule has 19 heavy (non-hydrogen) atoms. The van der Waals surface area contributed by atoms with Crippen LogP contribution >= 0.6 is 0 Å². The molecular formula is C13H23N5O. The van der Waals surface area contributed by atoms with Crippen LogP contribution in [0.25, 0.3) is 0 Å². The maximum absolute atomic E-state index is 5.61. The van der Waals surface area contributed by atoms with Crippen molar-refractivity contribution in [3.8, 4) is 0 Å². The van der Waals surface area contributed by atoms with Crippen LogP contribution in [0.15, 0.2) is 6.33 Å². The molecule has 0 aliphatic carbocycles. The fourth-order valence-corrected chi connectivity index (χ4v) is 2.42. The summed E-state index contributed by atoms with van der Waals surface area (Å²) < 4.78 is 5.61. The predicted molar refractivity (Wildman–Crippen MR) is 76.0 cm³/mol. The molecule has 2 rings (SSSR count). The predicted octanol–water partition coefficient (Wildman–Crippen LogP) is 1.87. The smallest absolute Gasteiger partial charge is 0.148 e. The van der Waals surface area contributed by atoms with E-state index in [2.05, 4.69) is 34.6 Å². The number of aromatic nitrogens is 2. The summed E-state index contributed by atoms with van der Waals surface area (Å²) in [4.78, 5) is 8.47. The van der Waals surface area contributed by atoms with E-state index in [1.807, 2.05) is 0 Å². The highest BCUT2D eigenvalue weighted by atomic mass is 16.5. The maximum Gasteiger partial charge on any atom is 0.148 e. The van der Waals surface area contributed by atoms with Gasteiger partial charge in [-0.1, -0.05) is 13.8 Å². The summed E-state index contributed by atoms with van der Waals surface area (Å²) >= 11 is 0. The number of hydrogen-bond donors (Lipinski definition) is 3. The second-order valence-corrected chi connectivity index (χ2v) is 5.13. The van der Waals surface area contributed by atoms with E-state index < -0.39 is 0 Å². The van der Waals surface area contributed by atoms with E-state index in [-0.39, 0.29) is 0 Å². The zero-order valence-electron chi connectivity index (χ0n) is 11.6. The highest BCUT2D eigenvalue weighted by molar-refractivity contribution is 5.58. The Hall–Kier alpha value is -1.40. The topological polar surface area (TPSA) is 85.1 Å². The average Bonchev–Trinajstić information content (AvgIpc) is 2.91. The first-order valence-electron chi connectivity index (χ1n) is 6.89. The van der Waals surface area contributed by atoms with Crippen molar-refractivity contribution < 1.29 is 4.74 Å². The molecule has 1 aliphatic rings. The van der Waals surface area contributed by atoms with Gasteiger partial charge in [-0.05, 0) is 25.2 Å². The Labute approximate surface area is 114 Å². The van der Waals surface area contributed by atoms with Crippen molar-refractivity contribution in [1.82, 2.24) is 9.97 Å². The molecule has 1 aromatic rings. The Bertz CT molecular complexity index is 404. The first-order valence-corrected chi connectivity index (χ1v) is 6.89. The van der Waals surface area contributed by atoms with Crippen molar-refractivity contribution in [2.24, 2.45) is 5.84 Å². The first kappa shape index (κ1) is 14.0. The molecule has 0 spiro atoms. The molecule has 0 radical (unpaired) electrons. The summed E-state index contributed by atoms with van der Waals surface area (Å²) in [5.74, 6) is 7.34. The lowest BCUT2D eigenvalue weighted by Gasteiger charge is -2.17. The van der Waals surface area contributed by atoms with Crippen LogP contribution in [0, 0.1) is 0 Å². The van der Waals surface area contributed by atoms with Gasteiger partial charge in [-0.2, -0.15) is 0 Å². The van der Waals surface area contributed by atoms with E-state index in [9.17, 15) is 0 Å². The van der Waals surface area contributed by atoms with Gasteiger partial charge in [0.05, 0.1) is 6.10 Å². The molecule has 1 aliphatic heterocycles. The van der Waals surface area contributed by atoms with Gasteiger partial charge in [-0.25, -0.2) is 15.8 Å². The number of nitrogens with one attached hydrogen (secondary N) is 2. The van der Waals surface area contributed by atoms with Crippen LogP contribution in [0.5, 0.6) is 0 Å². The lowest BCUT2D eigenvalue weighted by atomic mass is 10.0. The Kier molecular flexibility index (Phi) is 4.93. The van der Waals surface area contributed by atoms with Gasteiger partial charge in [-0.3, -0.25) is 0 Å². The molecule has 0 amide bonds. The van der Waals surface area contributed by atoms with Gasteiger partial charge in [0.1, 0.15) is 18.0 Å². The third-order valence-corrected chi connectivity index (χ3v) is 3.38. The Morgan fingerprint density at radius 2 is 2.21 bits per heavy atom. The zero-order chi connectivity index (χ0) is 13.7. The van der Waals surface area contributed by atoms with E-state index in [1.54, 1.807) is 0 Å². The minimum Gasteiger partial charge on any atom is -0.378 e. The maximum atomic E-state index is 5.61. The van der Waals surface area contributed by atoms with Crippen LogP contribution in [0.2, 0.25) is 0 Å². The van der Waals surface area contributed by atoms with Gasteiger partial charge in [0.15, 0.2) is 0 Å². The number of nitrogens with two attached hydrogens (primary N) is 1. The third-order valence-electron chi connectivity index (χ3n) is 3.38. The zero-order valence-corrected chi connectivity index (χ0v) is 11.6. The molecule has 6 heteroatoms. The average molecular weight is 265 g/mol. The van der Waals surface area contributed by atoms with Gasteiger partial charge in [0, 0.05) is 18.7 Å². The normalized spacial score (nSPS) is 18.8. The molecule has 1 unspecified atom stereocenters. The Morgan fingerprint density at radius 1 is 1.42 bits per heavy atom. The second-order valence-electron chi connectivity index (χ2n) is 5.13. The fourth-order valence-electron chi connectivity index (χ4n) is 2.42. The number of nitrogen functional groups attached to an aromatic ring is 1. The van der Waals surface area contributed by atoms with Gasteiger partial charge >= 0.3 is 0 Å². The summed E-state index contributed by atoms with van der Waals surface area (Å²) in [6.45, 7) is 5.96. The minimum absolute atomic E-state index is 0.303. The van der Waals surface area contributed by atoms with Gasteiger partial charge in [0.2, 0.25) is 0 Å². The van der Waals surface area contributed by atoms with Crippen molar-refractivity contribution in [1.29, 1.82) is 0 Å². The van der Waals surface area contributed by atoms with Crippen molar-refractivity contribution in [2.75, 3.05) is 23.9 Å². The van der Waals surface area contributed by atoms with E-state index in [1.165, 1.54) is 12.7 Å². The lowest BCUT2D eigenvalue weighted by Crippen LogP contribution is -2.17. The molecule has 1 fully saturated rings. The Balaban J connectivity index is 1.98. The highest BCUT2D eigenvalue weighted by Crippen LogP contribution is 2.27. The molecule has 1 atom stereocenters. The van der Waals surface area contributed by atoms with E-state index >= 15 is 0 Å². The standard InChI is InChI=1S/C13H23N5O/c1-9(2)11-12(16-8-17-13(11)18-14)15-6-5-10-4-3-7-19-10/h8-10H,3-7,14H2,1-2H3,(H2,15,16,17,18). The summed E-state index contributed by atoms with van der Waals surface area (Å²) in [6, 6.07) is 0. The van der Waals surface area contributed by atoms with Crippen LogP contribution in [-0.4, -0.2) is 29.2 Å². The minimum atomic E-state index is 0.303. The molecule has 4 N–H and O–H groups in total. The van der Waals surface area contributed by atoms with Gasteiger partial charge < -0.3 is 15.5 Å². The van der Waals surface area contributed by atoms with Crippen LogP contribution in [-0.2, 0) is 4.74 Å². The van der Waals surface area contributed by atoms with Crippen LogP contribution in [0.1, 0.15) is 44.6 Å². The molecule has 106 valence electrons. The van der Waals surface area contributed by atoms with Gasteiger partial charge in [-0.15, -0.1) is 0 Å². The third kappa shape index (κ3) is 3.54. The Morgan fingerprint density at radius 3 is 2.84 bits per heavy atom. The number of nitrogens with zero attached hydrogens (tertiary/aromatic N) is 2. The number of rotatable bonds is 6. The molecule has 1 aromatic heterocycles. The largest absolute Gasteiger partial charge is 0.378 e. The van der Waals surface area contributed by atoms with Crippen LogP contribution in [0.4, 0.5) is 11.6 Å². The van der Waals surface area contributed by atoms with Crippen molar-refractivity contribution in [2.45, 2.75) is 45.1 Å². The first-order chi connectivity index (χ1) is 9.22. The molecule has 6 nitrogen and oxygen atoms in total. The molecule has 2 heterocycles. The molecule has 0 saturated carbocycles. The number of ether oxygens (including phenoxy) is 1. The molecule has 0 bridgehead atoms.